The maximum absolute atomic E-state index is 8.89. The number of aromatic amines is 1. The van der Waals surface area contributed by atoms with Crippen molar-refractivity contribution < 1.29 is 25.3 Å². The van der Waals surface area contributed by atoms with E-state index in [2.05, 4.69) is 10.2 Å². The van der Waals surface area contributed by atoms with Crippen LogP contribution in [0.1, 0.15) is 13.8 Å². The summed E-state index contributed by atoms with van der Waals surface area (Å²) in [4.78, 5) is 17.8. The van der Waals surface area contributed by atoms with Gasteiger partial charge >= 0.3 is 23.1 Å². The summed E-state index contributed by atoms with van der Waals surface area (Å²) < 4.78 is 0. The quantitative estimate of drug-likeness (QED) is 0.463. The molecule has 0 spiro atoms. The van der Waals surface area contributed by atoms with E-state index in [0.717, 1.165) is 13.8 Å². The van der Waals surface area contributed by atoms with E-state index in [1.54, 1.807) is 12.4 Å². The average Bonchev–Trinajstić information content (AvgIpc) is 2.35. The number of rotatable bonds is 0. The van der Waals surface area contributed by atoms with Gasteiger partial charge in [0.25, 0.3) is 0 Å². The minimum atomic E-state index is -1.08. The van der Waals surface area contributed by atoms with E-state index >= 15 is 0 Å². The molecule has 0 aliphatic carbocycles. The van der Waals surface area contributed by atoms with Gasteiger partial charge in [0, 0.05) is 24.3 Å². The zero-order chi connectivity index (χ0) is 10.7. The van der Waals surface area contributed by atoms with Gasteiger partial charge in [-0.1, -0.05) is 0 Å². The summed E-state index contributed by atoms with van der Waals surface area (Å²) in [5.41, 5.74) is 0. The van der Waals surface area contributed by atoms with Gasteiger partial charge in [0.05, 0.1) is 0 Å². The summed E-state index contributed by atoms with van der Waals surface area (Å²) in [6, 6.07) is 1.83. The van der Waals surface area contributed by atoms with Crippen LogP contribution in [0.3, 0.4) is 0 Å². The van der Waals surface area contributed by atoms with Crippen molar-refractivity contribution in [3.63, 3.8) is 0 Å². The minimum absolute atomic E-state index is 0. The number of carbonyl (C=O) groups is 2. The molecule has 1 aromatic heterocycles. The smallest absolute Gasteiger partial charge is 0.550 e. The first-order valence-corrected chi connectivity index (χ1v) is 3.25. The first-order chi connectivity index (χ1) is 5.96. The summed E-state index contributed by atoms with van der Waals surface area (Å²) in [7, 11) is 0. The second kappa shape index (κ2) is 18.6. The van der Waals surface area contributed by atoms with E-state index in [1.165, 1.54) is 0 Å². The molecule has 0 amide bonds. The molecule has 0 saturated heterocycles. The number of nitrogens with one attached hydrogen (secondary N) is 1. The summed E-state index contributed by atoms with van der Waals surface area (Å²) in [5.74, 6) is -2.17. The van der Waals surface area contributed by atoms with Gasteiger partial charge < -0.3 is 25.3 Å². The molecule has 1 aromatic rings. The molecule has 0 aromatic carbocycles. The van der Waals surface area contributed by atoms with Gasteiger partial charge in [-0.3, -0.25) is 5.10 Å². The van der Waals surface area contributed by atoms with Crippen molar-refractivity contribution in [1.82, 2.24) is 10.2 Å². The van der Waals surface area contributed by atoms with Crippen LogP contribution in [0, 0.1) is 0 Å². The van der Waals surface area contributed by atoms with Crippen molar-refractivity contribution in [3.8, 4) is 0 Å². The van der Waals surface area contributed by atoms with Crippen LogP contribution in [-0.2, 0) is 9.59 Å². The Labute approximate surface area is 103 Å². The average molecular weight is 228 g/mol. The number of nitrogens with zero attached hydrogens (tertiary/aromatic N) is 1. The molecule has 0 radical (unpaired) electrons. The van der Waals surface area contributed by atoms with Gasteiger partial charge in [0.1, 0.15) is 0 Å². The number of H-pyrrole nitrogens is 1. The maximum atomic E-state index is 8.89. The maximum Gasteiger partial charge on any atom is 2.00 e. The molecule has 15 heavy (non-hydrogen) atoms. The molecule has 0 aliphatic rings. The molecular weight excluding hydrogens is 216 g/mol. The van der Waals surface area contributed by atoms with Crippen molar-refractivity contribution in [2.24, 2.45) is 0 Å². The van der Waals surface area contributed by atoms with Crippen molar-refractivity contribution in [2.75, 3.05) is 0 Å². The van der Waals surface area contributed by atoms with Gasteiger partial charge in [0.15, 0.2) is 0 Å². The number of carboxylic acid groups (broad SMARTS) is 2. The molecule has 0 fully saturated rings. The number of hydrogen-bond acceptors (Lipinski definition) is 5. The molecule has 0 bridgehead atoms. The number of hydrogen-bond donors (Lipinski definition) is 1. The summed E-state index contributed by atoms with van der Waals surface area (Å²) in [5, 5.41) is 24.0. The van der Waals surface area contributed by atoms with Crippen LogP contribution in [0.15, 0.2) is 18.5 Å². The molecule has 1 rings (SSSR count). The second-order valence-corrected chi connectivity index (χ2v) is 1.75. The van der Waals surface area contributed by atoms with Crippen molar-refractivity contribution in [1.29, 1.82) is 0 Å². The van der Waals surface area contributed by atoms with E-state index in [-0.39, 0.29) is 28.5 Å². The monoisotopic (exact) mass is 228 g/mol. The van der Waals surface area contributed by atoms with Crippen LogP contribution in [0.4, 0.5) is 0 Å². The molecule has 0 unspecified atom stereocenters. The Bertz CT molecular complexity index is 190. The minimum Gasteiger partial charge on any atom is -0.550 e. The van der Waals surface area contributed by atoms with Crippen LogP contribution < -0.4 is 10.2 Å². The van der Waals surface area contributed by atoms with Gasteiger partial charge in [0.2, 0.25) is 0 Å². The predicted molar refractivity (Wildman–Crippen MR) is 49.3 cm³/mol. The van der Waals surface area contributed by atoms with E-state index < -0.39 is 11.9 Å². The zero-order valence-corrected chi connectivity index (χ0v) is 9.93. The topological polar surface area (TPSA) is 140 Å². The SMILES string of the molecule is CC(=O)[O-].CC(=O)[O-].O.[Mg+2].c1cn[nH]c1. The third-order valence-corrected chi connectivity index (χ3v) is 0.406. The number of aromatic nitrogens is 2. The number of carbonyl (C=O) groups excluding carboxylic acids is 2. The summed E-state index contributed by atoms with van der Waals surface area (Å²) >= 11 is 0. The second-order valence-electron chi connectivity index (χ2n) is 1.75. The fourth-order valence-electron chi connectivity index (χ4n) is 0.215. The van der Waals surface area contributed by atoms with Crippen LogP contribution in [-0.4, -0.2) is 50.7 Å². The first kappa shape index (κ1) is 23.6. The number of carboxylic acids is 2. The van der Waals surface area contributed by atoms with Crippen LogP contribution >= 0.6 is 0 Å². The third kappa shape index (κ3) is 101. The first-order valence-electron chi connectivity index (χ1n) is 3.25. The molecule has 0 saturated carbocycles. The molecule has 8 heteroatoms. The van der Waals surface area contributed by atoms with Crippen molar-refractivity contribution in [3.05, 3.63) is 18.5 Å². The molecule has 1 heterocycles. The van der Waals surface area contributed by atoms with Gasteiger partial charge in [-0.05, 0) is 19.9 Å². The Kier molecular flexibility index (Phi) is 29.3. The Hall–Kier alpha value is -1.12. The summed E-state index contributed by atoms with van der Waals surface area (Å²) in [6.45, 7) is 1.94. The Morgan fingerprint density at radius 1 is 1.20 bits per heavy atom. The Morgan fingerprint density at radius 2 is 1.53 bits per heavy atom. The van der Waals surface area contributed by atoms with Gasteiger partial charge in [-0.25, -0.2) is 0 Å². The fraction of sp³-hybridized carbons (Fsp3) is 0.286. The molecule has 0 atom stereocenters. The van der Waals surface area contributed by atoms with Crippen molar-refractivity contribution in [2.45, 2.75) is 13.8 Å². The largest absolute Gasteiger partial charge is 2.00 e. The van der Waals surface area contributed by atoms with E-state index in [4.69, 9.17) is 19.8 Å². The molecule has 7 nitrogen and oxygen atoms in total. The number of aliphatic carboxylic acids is 2. The Morgan fingerprint density at radius 3 is 1.60 bits per heavy atom. The molecule has 0 aliphatic heterocycles. The van der Waals surface area contributed by atoms with Gasteiger partial charge in [-0.2, -0.15) is 5.10 Å². The zero-order valence-electron chi connectivity index (χ0n) is 8.52. The van der Waals surface area contributed by atoms with Crippen LogP contribution in [0.5, 0.6) is 0 Å². The molecule has 3 N–H and O–H groups in total. The van der Waals surface area contributed by atoms with E-state index in [1.807, 2.05) is 6.07 Å². The fourth-order valence-corrected chi connectivity index (χ4v) is 0.215. The normalized spacial score (nSPS) is 6.00. The molecule has 82 valence electrons. The predicted octanol–water partition coefficient (Wildman–Crippen LogP) is -3.28. The standard InChI is InChI=1S/C3H4N2.2C2H4O2.Mg.H2O/c1-2-4-5-3-1;2*1-2(3)4;;/h1-3H,(H,4,5);2*1H3,(H,3,4);;1H2/q;;;+2;/p-2. The third-order valence-electron chi connectivity index (χ3n) is 0.406. The van der Waals surface area contributed by atoms with Gasteiger partial charge in [-0.15, -0.1) is 0 Å². The summed E-state index contributed by atoms with van der Waals surface area (Å²) in [6.07, 6.45) is 3.46. The van der Waals surface area contributed by atoms with E-state index in [9.17, 15) is 0 Å². The van der Waals surface area contributed by atoms with Crippen molar-refractivity contribution >= 4 is 35.0 Å². The Balaban J connectivity index is -0.0000000575. The van der Waals surface area contributed by atoms with Crippen LogP contribution in [0.2, 0.25) is 0 Å². The van der Waals surface area contributed by atoms with E-state index in [0.29, 0.717) is 0 Å². The molecular formula is C7H12MgN2O5. The van der Waals surface area contributed by atoms with Crippen LogP contribution in [0.25, 0.3) is 0 Å².